The zero-order valence-electron chi connectivity index (χ0n) is 17.4. The fourth-order valence-electron chi connectivity index (χ4n) is 4.08. The van der Waals surface area contributed by atoms with E-state index in [0.717, 1.165) is 30.1 Å². The summed E-state index contributed by atoms with van der Waals surface area (Å²) >= 11 is 0. The number of urea groups is 1. The second-order valence-corrected chi connectivity index (χ2v) is 7.70. The first kappa shape index (κ1) is 19.5. The number of amidine groups is 1. The molecule has 31 heavy (non-hydrogen) atoms. The standard InChI is InChI=1S/C22H23N5O4/c1-14-21(28)24-20-19-18(11-16(12-23-19)25-7-9-31-10-8-25)26(22(29)27(14)20)13-15-3-5-17(30-2)6-4-15/h3-6,11-12,14H,7-10,13H2,1-2H3. The van der Waals surface area contributed by atoms with E-state index in [2.05, 4.69) is 14.9 Å². The highest BCUT2D eigenvalue weighted by Crippen LogP contribution is 2.35. The molecule has 4 heterocycles. The Balaban J connectivity index is 1.57. The number of carbonyl (C=O) groups is 2. The summed E-state index contributed by atoms with van der Waals surface area (Å²) in [5, 5.41) is 0. The molecule has 9 heteroatoms. The van der Waals surface area contributed by atoms with Crippen molar-refractivity contribution in [1.82, 2.24) is 9.88 Å². The molecule has 0 spiro atoms. The smallest absolute Gasteiger partial charge is 0.331 e. The number of carbonyl (C=O) groups excluding carboxylic acids is 2. The van der Waals surface area contributed by atoms with E-state index >= 15 is 0 Å². The minimum atomic E-state index is -0.644. The van der Waals surface area contributed by atoms with Gasteiger partial charge in [0.15, 0.2) is 5.84 Å². The summed E-state index contributed by atoms with van der Waals surface area (Å²) in [5.41, 5.74) is 3.06. The highest BCUT2D eigenvalue weighted by Gasteiger charge is 2.45. The first-order valence-corrected chi connectivity index (χ1v) is 10.3. The van der Waals surface area contributed by atoms with Crippen molar-refractivity contribution in [3.8, 4) is 5.75 Å². The number of fused-ring (bicyclic) bond motifs is 3. The van der Waals surface area contributed by atoms with Gasteiger partial charge in [-0.05, 0) is 30.7 Å². The van der Waals surface area contributed by atoms with Crippen LogP contribution in [-0.2, 0) is 16.1 Å². The molecule has 0 radical (unpaired) electrons. The molecule has 1 aromatic heterocycles. The fraction of sp³-hybridized carbons (Fsp3) is 0.364. The van der Waals surface area contributed by atoms with Gasteiger partial charge in [-0.3, -0.25) is 14.6 Å². The van der Waals surface area contributed by atoms with Crippen molar-refractivity contribution >= 4 is 29.1 Å². The van der Waals surface area contributed by atoms with Crippen LogP contribution in [0.15, 0.2) is 41.5 Å². The molecule has 1 atom stereocenters. The molecule has 3 aliphatic heterocycles. The average molecular weight is 421 g/mol. The van der Waals surface area contributed by atoms with Gasteiger partial charge < -0.3 is 14.4 Å². The SMILES string of the molecule is COc1ccc(CN2C(=O)N3C(=NC(=O)C3C)c3ncc(N4CCOCC4)cc32)cc1. The monoisotopic (exact) mass is 421 g/mol. The van der Waals surface area contributed by atoms with Crippen LogP contribution < -0.4 is 14.5 Å². The van der Waals surface area contributed by atoms with Crippen LogP contribution in [0.3, 0.4) is 0 Å². The maximum Gasteiger partial charge on any atom is 0.331 e. The minimum Gasteiger partial charge on any atom is -0.497 e. The molecule has 3 amide bonds. The number of anilines is 2. The number of hydrogen-bond acceptors (Lipinski definition) is 6. The summed E-state index contributed by atoms with van der Waals surface area (Å²) in [7, 11) is 1.62. The molecule has 9 nitrogen and oxygen atoms in total. The van der Waals surface area contributed by atoms with E-state index in [1.54, 1.807) is 25.1 Å². The third kappa shape index (κ3) is 3.31. The fourth-order valence-corrected chi connectivity index (χ4v) is 4.08. The number of pyridine rings is 1. The summed E-state index contributed by atoms with van der Waals surface area (Å²) in [6.45, 7) is 4.85. The predicted octanol–water partition coefficient (Wildman–Crippen LogP) is 2.04. The lowest BCUT2D eigenvalue weighted by Gasteiger charge is -2.37. The number of aliphatic imine (C=N–C) groups is 1. The van der Waals surface area contributed by atoms with Gasteiger partial charge >= 0.3 is 6.03 Å². The van der Waals surface area contributed by atoms with Crippen molar-refractivity contribution < 1.29 is 19.1 Å². The number of aromatic nitrogens is 1. The highest BCUT2D eigenvalue weighted by molar-refractivity contribution is 6.25. The molecule has 1 unspecified atom stereocenters. The van der Waals surface area contributed by atoms with E-state index in [1.165, 1.54) is 4.90 Å². The number of rotatable bonds is 4. The number of methoxy groups -OCH3 is 1. The molecule has 0 bridgehead atoms. The topological polar surface area (TPSA) is 87.6 Å². The van der Waals surface area contributed by atoms with E-state index in [1.807, 2.05) is 30.3 Å². The first-order chi connectivity index (χ1) is 15.1. The van der Waals surface area contributed by atoms with Gasteiger partial charge in [0.2, 0.25) is 0 Å². The molecule has 3 aliphatic rings. The minimum absolute atomic E-state index is 0.277. The maximum absolute atomic E-state index is 13.5. The van der Waals surface area contributed by atoms with Crippen LogP contribution in [-0.4, -0.2) is 67.1 Å². The predicted molar refractivity (Wildman–Crippen MR) is 115 cm³/mol. The van der Waals surface area contributed by atoms with Gasteiger partial charge in [-0.1, -0.05) is 12.1 Å². The summed E-state index contributed by atoms with van der Waals surface area (Å²) < 4.78 is 10.7. The van der Waals surface area contributed by atoms with Gasteiger partial charge in [0, 0.05) is 13.1 Å². The Morgan fingerprint density at radius 3 is 2.61 bits per heavy atom. The van der Waals surface area contributed by atoms with Crippen molar-refractivity contribution in [2.75, 3.05) is 43.2 Å². The van der Waals surface area contributed by atoms with Crippen LogP contribution in [0.2, 0.25) is 0 Å². The van der Waals surface area contributed by atoms with Crippen molar-refractivity contribution in [1.29, 1.82) is 0 Å². The Morgan fingerprint density at radius 1 is 1.16 bits per heavy atom. The first-order valence-electron chi connectivity index (χ1n) is 10.3. The molecule has 0 aliphatic carbocycles. The largest absolute Gasteiger partial charge is 0.497 e. The van der Waals surface area contributed by atoms with E-state index in [4.69, 9.17) is 9.47 Å². The lowest BCUT2D eigenvalue weighted by Crippen LogP contribution is -2.53. The van der Waals surface area contributed by atoms with Crippen molar-refractivity contribution in [3.05, 3.63) is 47.8 Å². The van der Waals surface area contributed by atoms with Gasteiger partial charge in [-0.2, -0.15) is 4.99 Å². The third-order valence-electron chi connectivity index (χ3n) is 5.86. The Morgan fingerprint density at radius 2 is 1.90 bits per heavy atom. The van der Waals surface area contributed by atoms with E-state index in [9.17, 15) is 9.59 Å². The highest BCUT2D eigenvalue weighted by atomic mass is 16.5. The third-order valence-corrected chi connectivity index (χ3v) is 5.86. The Bertz CT molecular complexity index is 1060. The quantitative estimate of drug-likeness (QED) is 0.751. The molecule has 0 saturated carbocycles. The molecular weight excluding hydrogens is 398 g/mol. The van der Waals surface area contributed by atoms with Crippen LogP contribution in [0.1, 0.15) is 18.2 Å². The van der Waals surface area contributed by atoms with Crippen LogP contribution in [0, 0.1) is 0 Å². The summed E-state index contributed by atoms with van der Waals surface area (Å²) in [5.74, 6) is 0.746. The van der Waals surface area contributed by atoms with Crippen LogP contribution in [0.4, 0.5) is 16.2 Å². The van der Waals surface area contributed by atoms with E-state index in [0.29, 0.717) is 37.0 Å². The molecule has 0 N–H and O–H groups in total. The number of amides is 3. The molecule has 5 rings (SSSR count). The van der Waals surface area contributed by atoms with Crippen LogP contribution in [0.5, 0.6) is 5.75 Å². The van der Waals surface area contributed by atoms with Crippen LogP contribution >= 0.6 is 0 Å². The van der Waals surface area contributed by atoms with E-state index in [-0.39, 0.29) is 11.9 Å². The van der Waals surface area contributed by atoms with Crippen molar-refractivity contribution in [2.45, 2.75) is 19.5 Å². The van der Waals surface area contributed by atoms with Crippen LogP contribution in [0.25, 0.3) is 0 Å². The van der Waals surface area contributed by atoms with Gasteiger partial charge in [0.1, 0.15) is 17.5 Å². The number of ether oxygens (including phenoxy) is 2. The van der Waals surface area contributed by atoms with Gasteiger partial charge in [-0.25, -0.2) is 9.78 Å². The number of nitrogens with zero attached hydrogens (tertiary/aromatic N) is 5. The normalized spacial score (nSPS) is 20.5. The Kier molecular flexibility index (Phi) is 4.82. The Hall–Kier alpha value is -3.46. The maximum atomic E-state index is 13.5. The lowest BCUT2D eigenvalue weighted by molar-refractivity contribution is -0.119. The second kappa shape index (κ2) is 7.66. The molecule has 2 aromatic rings. The molecular formula is C22H23N5O4. The van der Waals surface area contributed by atoms with Gasteiger partial charge in [-0.15, -0.1) is 0 Å². The average Bonchev–Trinajstić information content (AvgIpc) is 3.11. The number of hydrogen-bond donors (Lipinski definition) is 0. The number of benzene rings is 1. The summed E-state index contributed by atoms with van der Waals surface area (Å²) in [6.07, 6.45) is 1.78. The number of morpholine rings is 1. The lowest BCUT2D eigenvalue weighted by atomic mass is 10.1. The molecule has 1 fully saturated rings. The molecule has 1 aromatic carbocycles. The van der Waals surface area contributed by atoms with Crippen molar-refractivity contribution in [3.63, 3.8) is 0 Å². The zero-order valence-corrected chi connectivity index (χ0v) is 17.4. The molecule has 160 valence electrons. The zero-order chi connectivity index (χ0) is 21.5. The van der Waals surface area contributed by atoms with Gasteiger partial charge in [0.25, 0.3) is 5.91 Å². The van der Waals surface area contributed by atoms with Gasteiger partial charge in [0.05, 0.1) is 44.4 Å². The summed E-state index contributed by atoms with van der Waals surface area (Å²) in [4.78, 5) is 39.8. The van der Waals surface area contributed by atoms with Crippen molar-refractivity contribution in [2.24, 2.45) is 4.99 Å². The Labute approximate surface area is 179 Å². The second-order valence-electron chi connectivity index (χ2n) is 7.70. The summed E-state index contributed by atoms with van der Waals surface area (Å²) in [6, 6.07) is 8.61. The van der Waals surface area contributed by atoms with E-state index < -0.39 is 6.04 Å². The molecule has 1 saturated heterocycles.